The van der Waals surface area contributed by atoms with Gasteiger partial charge in [-0.3, -0.25) is 0 Å². The van der Waals surface area contributed by atoms with E-state index in [2.05, 4.69) is 28.2 Å². The molecule has 1 aliphatic rings. The van der Waals surface area contributed by atoms with Crippen LogP contribution >= 0.6 is 27.5 Å². The van der Waals surface area contributed by atoms with Crippen molar-refractivity contribution < 1.29 is 4.39 Å². The van der Waals surface area contributed by atoms with Crippen LogP contribution in [-0.2, 0) is 0 Å². The lowest BCUT2D eigenvalue weighted by Crippen LogP contribution is -2.34. The van der Waals surface area contributed by atoms with Gasteiger partial charge in [0.05, 0.1) is 5.02 Å². The summed E-state index contributed by atoms with van der Waals surface area (Å²) in [6, 6.07) is 3.71. The highest BCUT2D eigenvalue weighted by Gasteiger charge is 2.34. The van der Waals surface area contributed by atoms with E-state index in [1.54, 1.807) is 0 Å². The van der Waals surface area contributed by atoms with E-state index >= 15 is 0 Å². The van der Waals surface area contributed by atoms with E-state index in [9.17, 15) is 4.39 Å². The number of hydrogen-bond acceptors (Lipinski definition) is 1. The zero-order valence-corrected chi connectivity index (χ0v) is 12.8. The van der Waals surface area contributed by atoms with Crippen molar-refractivity contribution in [3.05, 3.63) is 33.0 Å². The molecule has 0 bridgehead atoms. The molecule has 1 aromatic carbocycles. The minimum Gasteiger partial charge on any atom is -0.316 e. The first-order chi connectivity index (χ1) is 8.65. The first kappa shape index (κ1) is 14.3. The van der Waals surface area contributed by atoms with Gasteiger partial charge in [-0.2, -0.15) is 0 Å². The van der Waals surface area contributed by atoms with Crippen LogP contribution in [-0.4, -0.2) is 13.1 Å². The van der Waals surface area contributed by atoms with Gasteiger partial charge in [-0.1, -0.05) is 24.6 Å². The SMILES string of the molecule is CCCNCC1CCC1c1ccc(Br)c(Cl)c1F. The minimum absolute atomic E-state index is 0.208. The van der Waals surface area contributed by atoms with Gasteiger partial charge in [-0.05, 0) is 71.7 Å². The zero-order valence-electron chi connectivity index (χ0n) is 10.5. The number of rotatable bonds is 5. The van der Waals surface area contributed by atoms with Crippen molar-refractivity contribution in [3.63, 3.8) is 0 Å². The van der Waals surface area contributed by atoms with E-state index in [1.165, 1.54) is 6.42 Å². The Hall–Kier alpha value is -0.120. The highest BCUT2D eigenvalue weighted by molar-refractivity contribution is 9.10. The molecule has 1 N–H and O–H groups in total. The third-order valence-electron chi connectivity index (χ3n) is 3.72. The molecule has 1 aliphatic carbocycles. The van der Waals surface area contributed by atoms with Crippen molar-refractivity contribution in [1.29, 1.82) is 0 Å². The molecule has 0 heterocycles. The summed E-state index contributed by atoms with van der Waals surface area (Å²) in [5.41, 5.74) is 0.776. The van der Waals surface area contributed by atoms with E-state index in [0.717, 1.165) is 31.5 Å². The van der Waals surface area contributed by atoms with Gasteiger partial charge in [0.25, 0.3) is 0 Å². The van der Waals surface area contributed by atoms with Gasteiger partial charge < -0.3 is 5.32 Å². The topological polar surface area (TPSA) is 12.0 Å². The Kier molecular flexibility index (Phi) is 5.05. The molecule has 2 rings (SSSR count). The van der Waals surface area contributed by atoms with Crippen molar-refractivity contribution in [3.8, 4) is 0 Å². The standard InChI is InChI=1S/C14H18BrClFN/c1-2-7-18-8-9-3-4-10(9)11-5-6-12(15)13(16)14(11)17/h5-6,9-10,18H,2-4,7-8H2,1H3. The summed E-state index contributed by atoms with van der Waals surface area (Å²) in [5, 5.41) is 3.63. The molecule has 1 saturated carbocycles. The highest BCUT2D eigenvalue weighted by Crippen LogP contribution is 2.44. The van der Waals surface area contributed by atoms with Crippen molar-refractivity contribution in [2.45, 2.75) is 32.1 Å². The second kappa shape index (κ2) is 6.36. The molecule has 1 fully saturated rings. The predicted molar refractivity (Wildman–Crippen MR) is 77.7 cm³/mol. The van der Waals surface area contributed by atoms with Crippen molar-refractivity contribution >= 4 is 27.5 Å². The van der Waals surface area contributed by atoms with Crippen LogP contribution in [0.4, 0.5) is 4.39 Å². The van der Waals surface area contributed by atoms with Crippen molar-refractivity contribution in [2.75, 3.05) is 13.1 Å². The molecular weight excluding hydrogens is 317 g/mol. The maximum atomic E-state index is 14.1. The van der Waals surface area contributed by atoms with E-state index in [-0.39, 0.29) is 10.8 Å². The minimum atomic E-state index is -0.253. The van der Waals surface area contributed by atoms with Gasteiger partial charge >= 0.3 is 0 Å². The summed E-state index contributed by atoms with van der Waals surface area (Å²) in [7, 11) is 0. The van der Waals surface area contributed by atoms with Crippen LogP contribution in [0.5, 0.6) is 0 Å². The molecule has 2 unspecified atom stereocenters. The van der Waals surface area contributed by atoms with Crippen LogP contribution in [0, 0.1) is 11.7 Å². The van der Waals surface area contributed by atoms with Crippen LogP contribution in [0.3, 0.4) is 0 Å². The Morgan fingerprint density at radius 2 is 2.22 bits per heavy atom. The highest BCUT2D eigenvalue weighted by atomic mass is 79.9. The molecule has 0 radical (unpaired) electrons. The van der Waals surface area contributed by atoms with Gasteiger partial charge in [-0.15, -0.1) is 0 Å². The molecule has 1 aromatic rings. The molecule has 1 nitrogen and oxygen atoms in total. The fraction of sp³-hybridized carbons (Fsp3) is 0.571. The van der Waals surface area contributed by atoms with Crippen LogP contribution in [0.15, 0.2) is 16.6 Å². The summed E-state index contributed by atoms with van der Waals surface area (Å²) in [4.78, 5) is 0. The molecule has 100 valence electrons. The maximum Gasteiger partial charge on any atom is 0.146 e. The molecule has 18 heavy (non-hydrogen) atoms. The zero-order chi connectivity index (χ0) is 13.1. The maximum absolute atomic E-state index is 14.1. The third-order valence-corrected chi connectivity index (χ3v) is 4.97. The molecule has 0 spiro atoms. The van der Waals surface area contributed by atoms with Crippen molar-refractivity contribution in [1.82, 2.24) is 5.32 Å². The van der Waals surface area contributed by atoms with Crippen molar-refractivity contribution in [2.24, 2.45) is 5.92 Å². The summed E-state index contributed by atoms with van der Waals surface area (Å²) in [6.45, 7) is 4.16. The Morgan fingerprint density at radius 1 is 1.44 bits per heavy atom. The van der Waals surface area contributed by atoms with Gasteiger partial charge in [0.2, 0.25) is 0 Å². The molecule has 2 atom stereocenters. The first-order valence-corrected chi connectivity index (χ1v) is 7.66. The second-order valence-corrected chi connectivity index (χ2v) is 6.14. The van der Waals surface area contributed by atoms with Gasteiger partial charge in [0.15, 0.2) is 0 Å². The molecule has 0 aromatic heterocycles. The number of hydrogen-bond donors (Lipinski definition) is 1. The summed E-state index contributed by atoms with van der Waals surface area (Å²) >= 11 is 9.20. The lowest BCUT2D eigenvalue weighted by atomic mass is 9.70. The Labute approximate surface area is 121 Å². The largest absolute Gasteiger partial charge is 0.316 e. The van der Waals surface area contributed by atoms with Crippen LogP contribution in [0.1, 0.15) is 37.7 Å². The van der Waals surface area contributed by atoms with E-state index in [4.69, 9.17) is 11.6 Å². The number of halogens is 3. The second-order valence-electron chi connectivity index (χ2n) is 4.91. The van der Waals surface area contributed by atoms with E-state index in [1.807, 2.05) is 12.1 Å². The lowest BCUT2D eigenvalue weighted by molar-refractivity contribution is 0.241. The Bertz CT molecular complexity index is 425. The average Bonchev–Trinajstić information content (AvgIpc) is 2.34. The fourth-order valence-electron chi connectivity index (χ4n) is 2.51. The predicted octanol–water partition coefficient (Wildman–Crippen LogP) is 4.73. The quantitative estimate of drug-likeness (QED) is 0.606. The Morgan fingerprint density at radius 3 is 2.83 bits per heavy atom. The van der Waals surface area contributed by atoms with Crippen LogP contribution in [0.2, 0.25) is 5.02 Å². The number of benzene rings is 1. The van der Waals surface area contributed by atoms with E-state index < -0.39 is 0 Å². The number of nitrogens with one attached hydrogen (secondary N) is 1. The van der Waals surface area contributed by atoms with Gasteiger partial charge in [0.1, 0.15) is 5.82 Å². The summed E-state index contributed by atoms with van der Waals surface area (Å²) in [5.74, 6) is 0.611. The third kappa shape index (κ3) is 2.89. The molecule has 0 aliphatic heterocycles. The average molecular weight is 335 g/mol. The smallest absolute Gasteiger partial charge is 0.146 e. The van der Waals surface area contributed by atoms with Crippen LogP contribution < -0.4 is 5.32 Å². The molecular formula is C14H18BrClFN. The normalized spacial score (nSPS) is 22.9. The molecule has 0 saturated heterocycles. The van der Waals surface area contributed by atoms with Gasteiger partial charge in [0, 0.05) is 4.47 Å². The Balaban J connectivity index is 2.06. The summed E-state index contributed by atoms with van der Waals surface area (Å²) < 4.78 is 14.7. The molecule has 0 amide bonds. The monoisotopic (exact) mass is 333 g/mol. The fourth-order valence-corrected chi connectivity index (χ4v) is 2.99. The van der Waals surface area contributed by atoms with E-state index in [0.29, 0.717) is 16.3 Å². The molecule has 4 heteroatoms. The lowest BCUT2D eigenvalue weighted by Gasteiger charge is -2.37. The van der Waals surface area contributed by atoms with Gasteiger partial charge in [-0.25, -0.2) is 4.39 Å². The first-order valence-electron chi connectivity index (χ1n) is 6.49. The van der Waals surface area contributed by atoms with Crippen LogP contribution in [0.25, 0.3) is 0 Å². The summed E-state index contributed by atoms with van der Waals surface area (Å²) in [6.07, 6.45) is 3.37.